The van der Waals surface area contributed by atoms with Crippen LogP contribution in [0.3, 0.4) is 0 Å². The number of carbonyl (C=O) groups is 1. The highest BCUT2D eigenvalue weighted by atomic mass is 16.5. The Morgan fingerprint density at radius 2 is 1.29 bits per heavy atom. The lowest BCUT2D eigenvalue weighted by atomic mass is 10.0. The number of methoxy groups -OCH3 is 1. The van der Waals surface area contributed by atoms with E-state index in [0.29, 0.717) is 6.42 Å². The summed E-state index contributed by atoms with van der Waals surface area (Å²) in [5.41, 5.74) is 0. The van der Waals surface area contributed by atoms with Crippen molar-refractivity contribution >= 4 is 5.97 Å². The molecule has 21 heavy (non-hydrogen) atoms. The molecule has 0 rings (SSSR count). The van der Waals surface area contributed by atoms with Gasteiger partial charge >= 0.3 is 5.97 Å². The molecule has 0 saturated heterocycles. The molecule has 4 heteroatoms. The second-order valence-corrected chi connectivity index (χ2v) is 5.84. The summed E-state index contributed by atoms with van der Waals surface area (Å²) >= 11 is 0. The molecule has 0 spiro atoms. The number of hydrogen-bond acceptors (Lipinski definition) is 4. The van der Waals surface area contributed by atoms with Gasteiger partial charge < -0.3 is 14.9 Å². The number of ether oxygens (including phenoxy) is 1. The average Bonchev–Trinajstić information content (AvgIpc) is 2.51. The third kappa shape index (κ3) is 15.6. The Hall–Kier alpha value is -0.610. The Labute approximate surface area is 129 Å². The first-order valence-electron chi connectivity index (χ1n) is 8.56. The summed E-state index contributed by atoms with van der Waals surface area (Å²) in [7, 11) is 1.44. The number of aliphatic hydroxyl groups excluding tert-OH is 2. The molecule has 0 heterocycles. The third-order valence-electron chi connectivity index (χ3n) is 3.86. The fraction of sp³-hybridized carbons (Fsp3) is 0.941. The average molecular weight is 302 g/mol. The highest BCUT2D eigenvalue weighted by Gasteiger charge is 2.01. The smallest absolute Gasteiger partial charge is 0.305 e. The molecular weight excluding hydrogens is 268 g/mol. The minimum atomic E-state index is -0.524. The Morgan fingerprint density at radius 3 is 1.71 bits per heavy atom. The summed E-state index contributed by atoms with van der Waals surface area (Å²) in [6, 6.07) is 0. The van der Waals surface area contributed by atoms with E-state index in [2.05, 4.69) is 4.74 Å². The molecule has 4 nitrogen and oxygen atoms in total. The number of carbonyl (C=O) groups excluding carboxylic acids is 1. The largest absolute Gasteiger partial charge is 0.469 e. The van der Waals surface area contributed by atoms with E-state index in [1.807, 2.05) is 0 Å². The van der Waals surface area contributed by atoms with Gasteiger partial charge in [-0.25, -0.2) is 0 Å². The predicted octanol–water partition coefficient (Wildman–Crippen LogP) is 3.58. The molecule has 0 aliphatic carbocycles. The zero-order valence-corrected chi connectivity index (χ0v) is 13.7. The van der Waals surface area contributed by atoms with Gasteiger partial charge in [-0.1, -0.05) is 64.2 Å². The number of hydrogen-bond donors (Lipinski definition) is 2. The van der Waals surface area contributed by atoms with Crippen LogP contribution in [0.2, 0.25) is 0 Å². The van der Waals surface area contributed by atoms with Gasteiger partial charge in [0.05, 0.1) is 19.8 Å². The van der Waals surface area contributed by atoms with Crippen molar-refractivity contribution in [1.82, 2.24) is 0 Å². The van der Waals surface area contributed by atoms with Crippen molar-refractivity contribution in [2.45, 2.75) is 89.6 Å². The Bertz CT molecular complexity index is 231. The van der Waals surface area contributed by atoms with E-state index in [4.69, 9.17) is 5.11 Å². The Morgan fingerprint density at radius 1 is 0.857 bits per heavy atom. The zero-order chi connectivity index (χ0) is 15.8. The van der Waals surface area contributed by atoms with Crippen LogP contribution in [-0.4, -0.2) is 36.0 Å². The SMILES string of the molecule is COC(=O)CCCCCCCCCCCCC[C@@H](O)CO. The van der Waals surface area contributed by atoms with Gasteiger partial charge in [0, 0.05) is 6.42 Å². The molecule has 0 bridgehead atoms. The fourth-order valence-corrected chi connectivity index (χ4v) is 2.43. The maximum atomic E-state index is 10.9. The van der Waals surface area contributed by atoms with Gasteiger partial charge in [-0.3, -0.25) is 4.79 Å². The number of aliphatic hydroxyl groups is 2. The zero-order valence-electron chi connectivity index (χ0n) is 13.7. The molecule has 0 amide bonds. The molecule has 2 N–H and O–H groups in total. The van der Waals surface area contributed by atoms with Crippen molar-refractivity contribution in [2.75, 3.05) is 13.7 Å². The van der Waals surface area contributed by atoms with Crippen molar-refractivity contribution < 1.29 is 19.7 Å². The van der Waals surface area contributed by atoms with E-state index >= 15 is 0 Å². The molecule has 0 aromatic heterocycles. The molecule has 0 aliphatic rings. The van der Waals surface area contributed by atoms with Crippen LogP contribution < -0.4 is 0 Å². The second kappa shape index (κ2) is 15.8. The van der Waals surface area contributed by atoms with E-state index in [-0.39, 0.29) is 12.6 Å². The van der Waals surface area contributed by atoms with Crippen LogP contribution in [0, 0.1) is 0 Å². The van der Waals surface area contributed by atoms with E-state index in [0.717, 1.165) is 32.1 Å². The van der Waals surface area contributed by atoms with Crippen LogP contribution in [0.1, 0.15) is 83.5 Å². The van der Waals surface area contributed by atoms with Gasteiger partial charge in [0.2, 0.25) is 0 Å². The van der Waals surface area contributed by atoms with Gasteiger partial charge in [-0.2, -0.15) is 0 Å². The first kappa shape index (κ1) is 20.4. The van der Waals surface area contributed by atoms with Crippen LogP contribution in [-0.2, 0) is 9.53 Å². The van der Waals surface area contributed by atoms with Crippen molar-refractivity contribution in [3.05, 3.63) is 0 Å². The molecule has 126 valence electrons. The molecule has 1 atom stereocenters. The van der Waals surface area contributed by atoms with Gasteiger partial charge in [-0.15, -0.1) is 0 Å². The van der Waals surface area contributed by atoms with Crippen LogP contribution in [0.15, 0.2) is 0 Å². The Balaban J connectivity index is 3.04. The number of rotatable bonds is 15. The van der Waals surface area contributed by atoms with Gasteiger partial charge in [-0.05, 0) is 12.8 Å². The van der Waals surface area contributed by atoms with E-state index in [1.54, 1.807) is 0 Å². The molecule has 0 aromatic carbocycles. The lowest BCUT2D eigenvalue weighted by Crippen LogP contribution is -2.10. The maximum absolute atomic E-state index is 10.9. The van der Waals surface area contributed by atoms with Gasteiger partial charge in [0.1, 0.15) is 0 Å². The minimum Gasteiger partial charge on any atom is -0.469 e. The summed E-state index contributed by atoms with van der Waals surface area (Å²) in [4.78, 5) is 10.9. The monoisotopic (exact) mass is 302 g/mol. The topological polar surface area (TPSA) is 66.8 Å². The van der Waals surface area contributed by atoms with E-state index < -0.39 is 6.10 Å². The van der Waals surface area contributed by atoms with Gasteiger partial charge in [0.15, 0.2) is 0 Å². The first-order valence-corrected chi connectivity index (χ1v) is 8.56. The van der Waals surface area contributed by atoms with Gasteiger partial charge in [0.25, 0.3) is 0 Å². The molecule has 0 aromatic rings. The summed E-state index contributed by atoms with van der Waals surface area (Å²) in [6.45, 7) is -0.111. The predicted molar refractivity (Wildman–Crippen MR) is 85.1 cm³/mol. The first-order chi connectivity index (χ1) is 10.2. The van der Waals surface area contributed by atoms with Crippen molar-refractivity contribution in [3.63, 3.8) is 0 Å². The van der Waals surface area contributed by atoms with E-state index in [1.165, 1.54) is 52.1 Å². The summed E-state index contributed by atoms with van der Waals surface area (Å²) in [5.74, 6) is -0.0958. The summed E-state index contributed by atoms with van der Waals surface area (Å²) in [6.07, 6.45) is 13.9. The van der Waals surface area contributed by atoms with Crippen LogP contribution in [0.5, 0.6) is 0 Å². The normalized spacial score (nSPS) is 12.3. The van der Waals surface area contributed by atoms with Crippen LogP contribution in [0.4, 0.5) is 0 Å². The quantitative estimate of drug-likeness (QED) is 0.358. The highest BCUT2D eigenvalue weighted by molar-refractivity contribution is 5.68. The molecule has 0 saturated carbocycles. The molecule has 0 radical (unpaired) electrons. The van der Waals surface area contributed by atoms with Crippen LogP contribution in [0.25, 0.3) is 0 Å². The van der Waals surface area contributed by atoms with E-state index in [9.17, 15) is 9.90 Å². The Kier molecular flexibility index (Phi) is 15.3. The van der Waals surface area contributed by atoms with Crippen molar-refractivity contribution in [1.29, 1.82) is 0 Å². The highest BCUT2D eigenvalue weighted by Crippen LogP contribution is 2.13. The lowest BCUT2D eigenvalue weighted by Gasteiger charge is -2.06. The lowest BCUT2D eigenvalue weighted by molar-refractivity contribution is -0.140. The maximum Gasteiger partial charge on any atom is 0.305 e. The molecule has 0 fully saturated rings. The standard InChI is InChI=1S/C17H34O4/c1-21-17(20)14-12-10-8-6-4-2-3-5-7-9-11-13-16(19)15-18/h16,18-19H,2-15H2,1H3/t16-/m1/s1. The molecular formula is C17H34O4. The minimum absolute atomic E-state index is 0.0958. The molecule has 0 aliphatic heterocycles. The van der Waals surface area contributed by atoms with Crippen molar-refractivity contribution in [3.8, 4) is 0 Å². The second-order valence-electron chi connectivity index (χ2n) is 5.84. The van der Waals surface area contributed by atoms with Crippen LogP contribution >= 0.6 is 0 Å². The summed E-state index contributed by atoms with van der Waals surface area (Å²) < 4.78 is 4.60. The number of unbranched alkanes of at least 4 members (excludes halogenated alkanes) is 10. The third-order valence-corrected chi connectivity index (χ3v) is 3.86. The number of esters is 1. The summed E-state index contributed by atoms with van der Waals surface area (Å²) in [5, 5.41) is 17.9. The molecule has 0 unspecified atom stereocenters. The van der Waals surface area contributed by atoms with Crippen molar-refractivity contribution in [2.24, 2.45) is 0 Å². The fourth-order valence-electron chi connectivity index (χ4n) is 2.43.